The van der Waals surface area contributed by atoms with E-state index in [9.17, 15) is 24.3 Å². The molecule has 3 amide bonds. The van der Waals surface area contributed by atoms with Crippen LogP contribution in [0.1, 0.15) is 33.1 Å². The van der Waals surface area contributed by atoms with Crippen molar-refractivity contribution in [3.63, 3.8) is 0 Å². The lowest BCUT2D eigenvalue weighted by Crippen LogP contribution is -2.66. The Kier molecular flexibility index (Phi) is 7.29. The molecule has 1 aromatic rings. The molecule has 14 nitrogen and oxygen atoms in total. The Bertz CT molecular complexity index is 1230. The van der Waals surface area contributed by atoms with E-state index < -0.39 is 17.9 Å². The van der Waals surface area contributed by atoms with E-state index in [2.05, 4.69) is 31.5 Å². The number of tetrazole rings is 1. The first-order valence-electron chi connectivity index (χ1n) is 14.0. The van der Waals surface area contributed by atoms with E-state index in [0.717, 1.165) is 32.5 Å². The van der Waals surface area contributed by atoms with Gasteiger partial charge < -0.3 is 30.9 Å². The highest BCUT2D eigenvalue weighted by molar-refractivity contribution is 8.03. The number of amides is 3. The monoisotopic (exact) mass is 573 g/mol. The highest BCUT2D eigenvalue weighted by Crippen LogP contribution is 2.52. The average Bonchev–Trinajstić information content (AvgIpc) is 3.71. The van der Waals surface area contributed by atoms with Crippen LogP contribution in [0.5, 0.6) is 0 Å². The highest BCUT2D eigenvalue weighted by Gasteiger charge is 2.60. The van der Waals surface area contributed by atoms with Gasteiger partial charge in [-0.1, -0.05) is 6.92 Å². The van der Waals surface area contributed by atoms with Crippen molar-refractivity contribution in [1.82, 2.24) is 46.0 Å². The molecule has 6 rings (SSSR count). The Labute approximate surface area is 235 Å². The number of carbonyl (C=O) groups is 4. The van der Waals surface area contributed by atoms with E-state index in [1.165, 1.54) is 27.7 Å². The van der Waals surface area contributed by atoms with Crippen molar-refractivity contribution < 1.29 is 24.3 Å². The maximum atomic E-state index is 13.4. The molecular formula is C25H35N9O5S. The summed E-state index contributed by atoms with van der Waals surface area (Å²) in [6.45, 7) is 6.81. The molecule has 0 saturated carbocycles. The van der Waals surface area contributed by atoms with Gasteiger partial charge >= 0.3 is 5.97 Å². The first kappa shape index (κ1) is 27.1. The van der Waals surface area contributed by atoms with Crippen LogP contribution >= 0.6 is 11.8 Å². The third kappa shape index (κ3) is 4.67. The summed E-state index contributed by atoms with van der Waals surface area (Å²) in [6.07, 6.45) is 4.12. The Morgan fingerprint density at radius 2 is 2.10 bits per heavy atom. The lowest BCUT2D eigenvalue weighted by atomic mass is 9.78. The molecule has 0 bridgehead atoms. The van der Waals surface area contributed by atoms with Crippen molar-refractivity contribution >= 4 is 35.5 Å². The number of fused-ring (bicyclic) bond motifs is 2. The number of rotatable bonds is 8. The van der Waals surface area contributed by atoms with E-state index >= 15 is 0 Å². The fraction of sp³-hybridized carbons (Fsp3) is 0.720. The molecule has 0 aliphatic carbocycles. The summed E-state index contributed by atoms with van der Waals surface area (Å²) >= 11 is 1.47. The zero-order chi connectivity index (χ0) is 28.1. The third-order valence-electron chi connectivity index (χ3n) is 9.06. The molecule has 5 aliphatic rings. The zero-order valence-electron chi connectivity index (χ0n) is 22.5. The minimum Gasteiger partial charge on any atom is -0.477 e. The summed E-state index contributed by atoms with van der Waals surface area (Å²) in [7, 11) is 0. The third-order valence-corrected chi connectivity index (χ3v) is 10.6. The highest BCUT2D eigenvalue weighted by atomic mass is 32.2. The number of piperidine rings is 1. The van der Waals surface area contributed by atoms with Crippen LogP contribution in [-0.2, 0) is 25.7 Å². The first-order valence-corrected chi connectivity index (χ1v) is 14.8. The summed E-state index contributed by atoms with van der Waals surface area (Å²) in [4.78, 5) is 55.6. The van der Waals surface area contributed by atoms with Gasteiger partial charge in [0.05, 0.1) is 18.0 Å². The number of carbonyl (C=O) groups excluding carboxylic acids is 3. The van der Waals surface area contributed by atoms with E-state index in [1.54, 1.807) is 6.92 Å². The zero-order valence-corrected chi connectivity index (χ0v) is 23.3. The molecular weight excluding hydrogens is 538 g/mol. The van der Waals surface area contributed by atoms with Crippen LogP contribution in [0.2, 0.25) is 0 Å². The van der Waals surface area contributed by atoms with Gasteiger partial charge in [0.15, 0.2) is 0 Å². The average molecular weight is 574 g/mol. The molecule has 0 radical (unpaired) electrons. The number of aliphatic carboxylic acids is 1. The van der Waals surface area contributed by atoms with E-state index in [4.69, 9.17) is 0 Å². The predicted octanol–water partition coefficient (Wildman–Crippen LogP) is -1.38. The van der Waals surface area contributed by atoms with E-state index in [1.807, 2.05) is 11.8 Å². The second-order valence-electron chi connectivity index (χ2n) is 11.5. The molecule has 0 unspecified atom stereocenters. The van der Waals surface area contributed by atoms with Gasteiger partial charge in [-0.15, -0.1) is 16.9 Å². The van der Waals surface area contributed by atoms with Crippen LogP contribution in [0, 0.1) is 17.8 Å². The molecule has 4 saturated heterocycles. The van der Waals surface area contributed by atoms with Crippen LogP contribution in [0.3, 0.4) is 0 Å². The van der Waals surface area contributed by atoms with Crippen molar-refractivity contribution in [3.8, 4) is 0 Å². The molecule has 0 spiro atoms. The van der Waals surface area contributed by atoms with Crippen molar-refractivity contribution in [2.24, 2.45) is 17.8 Å². The summed E-state index contributed by atoms with van der Waals surface area (Å²) in [6, 6.07) is -0.874. The van der Waals surface area contributed by atoms with Gasteiger partial charge in [-0.3, -0.25) is 14.4 Å². The van der Waals surface area contributed by atoms with Crippen LogP contribution in [0.25, 0.3) is 0 Å². The molecule has 1 aromatic heterocycles. The Morgan fingerprint density at radius 1 is 1.27 bits per heavy atom. The van der Waals surface area contributed by atoms with Crippen molar-refractivity contribution in [3.05, 3.63) is 16.9 Å². The van der Waals surface area contributed by atoms with Gasteiger partial charge in [-0.2, -0.15) is 0 Å². The lowest BCUT2D eigenvalue weighted by molar-refractivity contribution is -0.158. The number of hydrogen-bond donors (Lipinski definition) is 4. The second kappa shape index (κ2) is 10.7. The van der Waals surface area contributed by atoms with Gasteiger partial charge in [0, 0.05) is 54.3 Å². The summed E-state index contributed by atoms with van der Waals surface area (Å²) in [5, 5.41) is 30.5. The SMILES string of the molecule is C[C@@H](NC(=O)Cn1cnnn1)[C@H]1C(=O)N2C(C(=O)O)=C(S[C@@H]3CN[C@H](C(=O)N4CCC[C@H]5CNC[C@H]54)C3)[C@H](C)[C@H]12. The fourth-order valence-corrected chi connectivity index (χ4v) is 8.67. The van der Waals surface area contributed by atoms with Crippen molar-refractivity contribution in [2.45, 2.75) is 69.1 Å². The largest absolute Gasteiger partial charge is 0.477 e. The maximum absolute atomic E-state index is 13.4. The number of β-lactam (4-membered cyclic amide) rings is 1. The molecule has 0 aromatic carbocycles. The van der Waals surface area contributed by atoms with Gasteiger partial charge in [0.1, 0.15) is 18.6 Å². The Morgan fingerprint density at radius 3 is 2.85 bits per heavy atom. The van der Waals surface area contributed by atoms with Gasteiger partial charge in [0.25, 0.3) is 0 Å². The molecule has 4 fully saturated rings. The first-order chi connectivity index (χ1) is 19.2. The van der Waals surface area contributed by atoms with Crippen molar-refractivity contribution in [1.29, 1.82) is 0 Å². The number of carboxylic acid groups (broad SMARTS) is 1. The van der Waals surface area contributed by atoms with E-state index in [0.29, 0.717) is 23.8 Å². The molecule has 15 heteroatoms. The molecule has 40 heavy (non-hydrogen) atoms. The number of nitrogens with one attached hydrogen (secondary N) is 3. The number of nitrogens with zero attached hydrogens (tertiary/aromatic N) is 6. The normalized spacial score (nSPS) is 34.0. The lowest BCUT2D eigenvalue weighted by Gasteiger charge is -2.47. The maximum Gasteiger partial charge on any atom is 0.353 e. The Hall–Kier alpha value is -3.04. The van der Waals surface area contributed by atoms with Crippen LogP contribution < -0.4 is 16.0 Å². The van der Waals surface area contributed by atoms with Gasteiger partial charge in [0.2, 0.25) is 17.7 Å². The van der Waals surface area contributed by atoms with Crippen LogP contribution in [0.15, 0.2) is 16.9 Å². The summed E-state index contributed by atoms with van der Waals surface area (Å²) in [5.74, 6) is -1.86. The summed E-state index contributed by atoms with van der Waals surface area (Å²) in [5.41, 5.74) is 0.0293. The fourth-order valence-electron chi connectivity index (χ4n) is 7.19. The number of likely N-dealkylation sites (tertiary alicyclic amines) is 1. The van der Waals surface area contributed by atoms with Crippen LogP contribution in [-0.4, -0.2) is 114 Å². The Balaban J connectivity index is 1.10. The quantitative estimate of drug-likeness (QED) is 0.270. The van der Waals surface area contributed by atoms with Crippen LogP contribution in [0.4, 0.5) is 0 Å². The smallest absolute Gasteiger partial charge is 0.353 e. The minimum absolute atomic E-state index is 0.0173. The standard InChI is InChI=1S/C25H35N9O5S/c1-12-20-19(13(2)29-18(35)10-32-11-28-30-31-32)24(37)34(20)21(25(38)39)22(12)40-15-6-16(27-8-15)23(36)33-5-3-4-14-7-26-9-17(14)33/h11-17,19-20,26-27H,3-10H2,1-2H3,(H,29,35)(H,38,39)/t12-,13-,14+,15+,16+,17-,19-,20-/m1/s1. The number of thioether (sulfide) groups is 1. The number of carboxylic acids is 1. The van der Waals surface area contributed by atoms with Gasteiger partial charge in [-0.05, 0) is 42.5 Å². The molecule has 6 heterocycles. The second-order valence-corrected chi connectivity index (χ2v) is 12.8. The van der Waals surface area contributed by atoms with Crippen molar-refractivity contribution in [2.75, 3.05) is 26.2 Å². The minimum atomic E-state index is -1.13. The molecule has 4 N–H and O–H groups in total. The predicted molar refractivity (Wildman–Crippen MR) is 142 cm³/mol. The van der Waals surface area contributed by atoms with E-state index in [-0.39, 0.29) is 59.3 Å². The van der Waals surface area contributed by atoms with Gasteiger partial charge in [-0.25, -0.2) is 9.48 Å². The molecule has 8 atom stereocenters. The number of aromatic nitrogens is 4. The summed E-state index contributed by atoms with van der Waals surface area (Å²) < 4.78 is 1.29. The molecule has 216 valence electrons. The number of hydrogen-bond acceptors (Lipinski definition) is 10. The molecule has 5 aliphatic heterocycles. The topological polar surface area (TPSA) is 175 Å².